The maximum absolute atomic E-state index is 12.9. The molecule has 0 aliphatic carbocycles. The molecule has 1 fully saturated rings. The largest absolute Gasteiger partial charge is 0.366 e. The fourth-order valence-corrected chi connectivity index (χ4v) is 5.04. The van der Waals surface area contributed by atoms with Gasteiger partial charge in [-0.15, -0.1) is 0 Å². The van der Waals surface area contributed by atoms with E-state index in [4.69, 9.17) is 0 Å². The fourth-order valence-electron chi connectivity index (χ4n) is 3.31. The van der Waals surface area contributed by atoms with Gasteiger partial charge in [0.05, 0.1) is 11.5 Å². The van der Waals surface area contributed by atoms with E-state index in [9.17, 15) is 13.2 Å². The van der Waals surface area contributed by atoms with Crippen molar-refractivity contribution in [1.29, 1.82) is 0 Å². The van der Waals surface area contributed by atoms with Gasteiger partial charge in [0.2, 0.25) is 0 Å². The van der Waals surface area contributed by atoms with E-state index in [-0.39, 0.29) is 23.5 Å². The van der Waals surface area contributed by atoms with Crippen molar-refractivity contribution in [3.05, 3.63) is 59.3 Å². The molecule has 27 heavy (non-hydrogen) atoms. The van der Waals surface area contributed by atoms with Crippen LogP contribution in [0.5, 0.6) is 0 Å². The van der Waals surface area contributed by atoms with Gasteiger partial charge in [0, 0.05) is 30.9 Å². The lowest BCUT2D eigenvalue weighted by atomic mass is 10.1. The number of nitrogens with zero attached hydrogens (tertiary/aromatic N) is 2. The number of pyridine rings is 1. The van der Waals surface area contributed by atoms with Crippen molar-refractivity contribution >= 4 is 21.6 Å². The quantitative estimate of drug-likeness (QED) is 0.824. The molecule has 1 aliphatic rings. The Balaban J connectivity index is 1.70. The Labute approximate surface area is 160 Å². The van der Waals surface area contributed by atoms with Crippen molar-refractivity contribution < 1.29 is 13.2 Å². The van der Waals surface area contributed by atoms with Gasteiger partial charge >= 0.3 is 0 Å². The zero-order valence-corrected chi connectivity index (χ0v) is 16.5. The van der Waals surface area contributed by atoms with Crippen molar-refractivity contribution in [2.24, 2.45) is 0 Å². The van der Waals surface area contributed by atoms with Gasteiger partial charge < -0.3 is 10.2 Å². The van der Waals surface area contributed by atoms with Crippen LogP contribution in [-0.2, 0) is 16.4 Å². The zero-order valence-electron chi connectivity index (χ0n) is 15.7. The van der Waals surface area contributed by atoms with Gasteiger partial charge in [-0.25, -0.2) is 13.4 Å². The molecule has 0 radical (unpaired) electrons. The average molecular weight is 388 g/mol. The summed E-state index contributed by atoms with van der Waals surface area (Å²) < 4.78 is 23.5. The number of aromatic nitrogens is 1. The molecule has 1 amide bonds. The molecule has 7 heteroatoms. The topological polar surface area (TPSA) is 79.4 Å². The van der Waals surface area contributed by atoms with E-state index < -0.39 is 9.84 Å². The predicted octanol–water partition coefficient (Wildman–Crippen LogP) is 2.65. The molecular weight excluding hydrogens is 362 g/mol. The molecule has 0 saturated carbocycles. The van der Waals surface area contributed by atoms with Crippen LogP contribution in [-0.4, -0.2) is 48.3 Å². The normalized spacial score (nSPS) is 18.2. The van der Waals surface area contributed by atoms with Crippen LogP contribution in [0.25, 0.3) is 0 Å². The molecule has 1 saturated heterocycles. The third-order valence-electron chi connectivity index (χ3n) is 4.85. The van der Waals surface area contributed by atoms with E-state index in [0.29, 0.717) is 30.9 Å². The highest BCUT2D eigenvalue weighted by Gasteiger charge is 2.34. The number of aryl methyl sites for hydroxylation is 1. The molecule has 3 rings (SSSR count). The van der Waals surface area contributed by atoms with Gasteiger partial charge in [0.25, 0.3) is 5.91 Å². The van der Waals surface area contributed by atoms with Crippen molar-refractivity contribution in [3.8, 4) is 0 Å². The van der Waals surface area contributed by atoms with Crippen molar-refractivity contribution in [2.45, 2.75) is 32.9 Å². The van der Waals surface area contributed by atoms with Gasteiger partial charge in [-0.3, -0.25) is 4.79 Å². The molecule has 1 atom stereocenters. The second kappa shape index (κ2) is 8.08. The Kier molecular flexibility index (Phi) is 5.79. The summed E-state index contributed by atoms with van der Waals surface area (Å²) in [6.45, 7) is 5.01. The monoisotopic (exact) mass is 387 g/mol. The van der Waals surface area contributed by atoms with Crippen LogP contribution in [0.4, 0.5) is 5.82 Å². The van der Waals surface area contributed by atoms with Gasteiger partial charge in [-0.2, -0.15) is 0 Å². The first-order valence-corrected chi connectivity index (χ1v) is 11.0. The summed E-state index contributed by atoms with van der Waals surface area (Å²) in [5, 5.41) is 3.24. The minimum atomic E-state index is -3.04. The van der Waals surface area contributed by atoms with Crippen molar-refractivity contribution in [1.82, 2.24) is 9.88 Å². The Hall–Kier alpha value is -2.41. The van der Waals surface area contributed by atoms with E-state index in [0.717, 1.165) is 5.56 Å². The molecule has 1 N–H and O–H groups in total. The first-order valence-electron chi connectivity index (χ1n) is 9.15. The second-order valence-electron chi connectivity index (χ2n) is 6.92. The van der Waals surface area contributed by atoms with Crippen LogP contribution < -0.4 is 5.32 Å². The van der Waals surface area contributed by atoms with Crippen LogP contribution in [0.3, 0.4) is 0 Å². The van der Waals surface area contributed by atoms with E-state index in [1.807, 2.05) is 13.8 Å². The number of carbonyl (C=O) groups excluding carboxylic acids is 1. The van der Waals surface area contributed by atoms with Crippen LogP contribution >= 0.6 is 0 Å². The Morgan fingerprint density at radius 3 is 2.63 bits per heavy atom. The Morgan fingerprint density at radius 2 is 2.00 bits per heavy atom. The number of hydrogen-bond acceptors (Lipinski definition) is 5. The maximum Gasteiger partial charge on any atom is 0.254 e. The van der Waals surface area contributed by atoms with Gasteiger partial charge in [-0.05, 0) is 38.0 Å². The highest BCUT2D eigenvalue weighted by atomic mass is 32.2. The molecule has 1 aromatic heterocycles. The first kappa shape index (κ1) is 19.4. The molecule has 0 bridgehead atoms. The smallest absolute Gasteiger partial charge is 0.254 e. The highest BCUT2D eigenvalue weighted by molar-refractivity contribution is 7.91. The van der Waals surface area contributed by atoms with E-state index in [2.05, 4.69) is 34.6 Å². The summed E-state index contributed by atoms with van der Waals surface area (Å²) in [6.07, 6.45) is 2.11. The summed E-state index contributed by atoms with van der Waals surface area (Å²) in [4.78, 5) is 18.9. The molecule has 1 aliphatic heterocycles. The van der Waals surface area contributed by atoms with Crippen LogP contribution in [0.2, 0.25) is 0 Å². The second-order valence-corrected chi connectivity index (χ2v) is 9.15. The molecule has 0 spiro atoms. The summed E-state index contributed by atoms with van der Waals surface area (Å²) in [5.41, 5.74) is 2.85. The minimum absolute atomic E-state index is 0.0518. The number of carbonyl (C=O) groups is 1. The van der Waals surface area contributed by atoms with E-state index in [1.165, 1.54) is 5.56 Å². The fraction of sp³-hybridized carbons (Fsp3) is 0.400. The van der Waals surface area contributed by atoms with Gasteiger partial charge in [-0.1, -0.05) is 29.8 Å². The van der Waals surface area contributed by atoms with Crippen molar-refractivity contribution in [2.75, 3.05) is 23.4 Å². The molecule has 2 aromatic rings. The number of rotatable bonds is 6. The summed E-state index contributed by atoms with van der Waals surface area (Å²) in [5.74, 6) is 0.675. The van der Waals surface area contributed by atoms with Gasteiger partial charge in [0.1, 0.15) is 5.82 Å². The standard InChI is InChI=1S/C20H25N3O3S/c1-3-23(18-9-11-27(25,26)14-18)20(24)17-8-10-21-19(12-17)22-13-16-6-4-15(2)5-7-16/h4-8,10,12,18H,3,9,11,13-14H2,1-2H3,(H,21,22). The number of hydrogen-bond donors (Lipinski definition) is 1. The highest BCUT2D eigenvalue weighted by Crippen LogP contribution is 2.20. The summed E-state index contributed by atoms with van der Waals surface area (Å²) in [6, 6.07) is 11.4. The number of benzene rings is 1. The lowest BCUT2D eigenvalue weighted by Crippen LogP contribution is -2.41. The number of anilines is 1. The zero-order chi connectivity index (χ0) is 19.4. The third-order valence-corrected chi connectivity index (χ3v) is 6.60. The van der Waals surface area contributed by atoms with Crippen molar-refractivity contribution in [3.63, 3.8) is 0 Å². The van der Waals surface area contributed by atoms with Crippen LogP contribution in [0.1, 0.15) is 34.8 Å². The maximum atomic E-state index is 12.9. The first-order chi connectivity index (χ1) is 12.9. The van der Waals surface area contributed by atoms with Crippen LogP contribution in [0, 0.1) is 6.92 Å². The van der Waals surface area contributed by atoms with E-state index >= 15 is 0 Å². The number of amides is 1. The third kappa shape index (κ3) is 4.86. The summed E-state index contributed by atoms with van der Waals surface area (Å²) in [7, 11) is -3.04. The lowest BCUT2D eigenvalue weighted by Gasteiger charge is -2.27. The Morgan fingerprint density at radius 1 is 1.26 bits per heavy atom. The SMILES string of the molecule is CCN(C(=O)c1ccnc(NCc2ccc(C)cc2)c1)C1CCS(=O)(=O)C1. The van der Waals surface area contributed by atoms with Gasteiger partial charge in [0.15, 0.2) is 9.84 Å². The molecule has 1 aromatic carbocycles. The molecular formula is C20H25N3O3S. The van der Waals surface area contributed by atoms with Crippen LogP contribution in [0.15, 0.2) is 42.6 Å². The molecule has 144 valence electrons. The molecule has 1 unspecified atom stereocenters. The molecule has 2 heterocycles. The van der Waals surface area contributed by atoms with E-state index in [1.54, 1.807) is 23.2 Å². The summed E-state index contributed by atoms with van der Waals surface area (Å²) >= 11 is 0. The lowest BCUT2D eigenvalue weighted by molar-refractivity contribution is 0.0708. The minimum Gasteiger partial charge on any atom is -0.366 e. The Bertz CT molecular complexity index is 910. The number of nitrogens with one attached hydrogen (secondary N) is 1. The predicted molar refractivity (Wildman–Crippen MR) is 107 cm³/mol. The number of sulfone groups is 1. The average Bonchev–Trinajstić information content (AvgIpc) is 3.01. The molecule has 6 nitrogen and oxygen atoms in total.